The van der Waals surface area contributed by atoms with Crippen molar-refractivity contribution in [2.45, 2.75) is 0 Å². The standard InChI is InChI=1S/Al.2Na.H2O3Si.5H/c;;;1-4(2)3;;;;;/h;;;1-2H;;;;;/q;2*+1;;;;;2*-1. The van der Waals surface area contributed by atoms with Crippen molar-refractivity contribution < 1.29 is 76.0 Å². The molecule has 0 aromatic heterocycles. The molecule has 0 atom stereocenters. The van der Waals surface area contributed by atoms with Crippen molar-refractivity contribution in [3.63, 3.8) is 0 Å². The summed E-state index contributed by atoms with van der Waals surface area (Å²) < 4.78 is 8.74. The van der Waals surface area contributed by atoms with E-state index in [-0.39, 0.29) is 79.3 Å². The minimum absolute atomic E-state index is 0. The Labute approximate surface area is 101 Å². The fraction of sp³-hybridized carbons (Fsp3) is 0. The van der Waals surface area contributed by atoms with Gasteiger partial charge in [0, 0.05) is 0 Å². The zero-order valence-electron chi connectivity index (χ0n) is 5.80. The van der Waals surface area contributed by atoms with E-state index in [2.05, 4.69) is 0 Å². The van der Waals surface area contributed by atoms with Gasteiger partial charge in [0.2, 0.25) is 0 Å². The van der Waals surface area contributed by atoms with Crippen molar-refractivity contribution in [2.75, 3.05) is 0 Å². The maximum absolute atomic E-state index is 8.74. The van der Waals surface area contributed by atoms with Gasteiger partial charge in [0.25, 0.3) is 0 Å². The zero-order chi connectivity index (χ0) is 3.58. The second kappa shape index (κ2) is 15.7. The number of rotatable bonds is 0. The SMILES string of the molecule is O=[Si](O)O.[AlH3].[H-].[H-].[Na+].[Na+]. The third kappa shape index (κ3) is 66.7. The van der Waals surface area contributed by atoms with Crippen LogP contribution < -0.4 is 59.1 Å². The molecule has 0 rings (SSSR count). The molecule has 0 unspecified atom stereocenters. The molecule has 0 aliphatic rings. The molecule has 0 spiro atoms. The molecule has 0 aromatic carbocycles. The van der Waals surface area contributed by atoms with Crippen LogP contribution in [0.1, 0.15) is 2.85 Å². The Morgan fingerprint density at radius 3 is 1.29 bits per heavy atom. The van der Waals surface area contributed by atoms with Crippen molar-refractivity contribution in [1.29, 1.82) is 0 Å². The predicted molar refractivity (Wildman–Crippen MR) is 23.0 cm³/mol. The first-order valence-electron chi connectivity index (χ1n) is 0.651. The average molecular weight is 156 g/mol. The summed E-state index contributed by atoms with van der Waals surface area (Å²) in [6, 6.07) is 0. The Morgan fingerprint density at radius 1 is 1.29 bits per heavy atom. The van der Waals surface area contributed by atoms with Gasteiger partial charge in [-0.2, -0.15) is 0 Å². The Hall–Kier alpha value is 2.15. The van der Waals surface area contributed by atoms with Gasteiger partial charge in [-0.3, -0.25) is 4.46 Å². The van der Waals surface area contributed by atoms with E-state index in [1.165, 1.54) is 0 Å². The quantitative estimate of drug-likeness (QED) is 0.342. The monoisotopic (exact) mass is 156 g/mol. The maximum Gasteiger partial charge on any atom is 1.00 e. The summed E-state index contributed by atoms with van der Waals surface area (Å²) >= 11 is 0. The van der Waals surface area contributed by atoms with Gasteiger partial charge in [-0.15, -0.1) is 0 Å². The Kier molecular flexibility index (Phi) is 51.4. The van der Waals surface area contributed by atoms with Crippen molar-refractivity contribution >= 4 is 26.5 Å². The van der Waals surface area contributed by atoms with E-state index < -0.39 is 9.17 Å². The summed E-state index contributed by atoms with van der Waals surface area (Å²) in [6.45, 7) is 0. The van der Waals surface area contributed by atoms with Crippen LogP contribution in [0.25, 0.3) is 0 Å². The molecule has 0 aromatic rings. The van der Waals surface area contributed by atoms with E-state index in [0.717, 1.165) is 0 Å². The van der Waals surface area contributed by atoms with Crippen molar-refractivity contribution in [2.24, 2.45) is 0 Å². The summed E-state index contributed by atoms with van der Waals surface area (Å²) in [5.41, 5.74) is 0. The van der Waals surface area contributed by atoms with Gasteiger partial charge < -0.3 is 12.4 Å². The Morgan fingerprint density at radius 2 is 1.29 bits per heavy atom. The third-order valence-electron chi connectivity index (χ3n) is 0. The molecule has 0 bridgehead atoms. The molecule has 7 heteroatoms. The molecule has 0 heterocycles. The summed E-state index contributed by atoms with van der Waals surface area (Å²) in [6.07, 6.45) is 0. The summed E-state index contributed by atoms with van der Waals surface area (Å²) in [5.74, 6) is 0. The minimum atomic E-state index is -3.13. The molecule has 3 nitrogen and oxygen atoms in total. The van der Waals surface area contributed by atoms with Gasteiger partial charge in [0.05, 0.1) is 0 Å². The summed E-state index contributed by atoms with van der Waals surface area (Å²) in [4.78, 5) is 14.3. The van der Waals surface area contributed by atoms with Gasteiger partial charge in [-0.1, -0.05) is 0 Å². The van der Waals surface area contributed by atoms with Gasteiger partial charge in [-0.05, 0) is 0 Å². The number of hydrogen-bond donors (Lipinski definition) is 2. The van der Waals surface area contributed by atoms with E-state index in [1.54, 1.807) is 0 Å². The largest absolute Gasteiger partial charge is 1.00 e. The Bertz CT molecular complexity index is 42.8. The fourth-order valence-electron chi connectivity index (χ4n) is 0. The summed E-state index contributed by atoms with van der Waals surface area (Å²) in [7, 11) is -3.13. The van der Waals surface area contributed by atoms with Gasteiger partial charge in [0.15, 0.2) is 17.4 Å². The second-order valence-electron chi connectivity index (χ2n) is 0.283. The molecule has 0 saturated carbocycles. The first kappa shape index (κ1) is 22.9. The van der Waals surface area contributed by atoms with Crippen LogP contribution in [0.3, 0.4) is 0 Å². The predicted octanol–water partition coefficient (Wildman–Crippen LogP) is -8.56. The van der Waals surface area contributed by atoms with Crippen LogP contribution >= 0.6 is 0 Å². The molecule has 0 radical (unpaired) electrons. The first-order chi connectivity index (χ1) is 1.73. The first-order valence-corrected chi connectivity index (χ1v) is 1.95. The second-order valence-corrected chi connectivity index (χ2v) is 0.848. The molecule has 0 aliphatic heterocycles. The zero-order valence-corrected chi connectivity index (χ0v) is 8.80. The van der Waals surface area contributed by atoms with Crippen LogP contribution in [-0.2, 0) is 4.46 Å². The molecule has 0 amide bonds. The average Bonchev–Trinajstić information content (AvgIpc) is 0.811. The van der Waals surface area contributed by atoms with E-state index in [4.69, 9.17) is 14.1 Å². The van der Waals surface area contributed by atoms with Crippen LogP contribution in [0.2, 0.25) is 0 Å². The van der Waals surface area contributed by atoms with Crippen molar-refractivity contribution in [3.05, 3.63) is 0 Å². The van der Waals surface area contributed by atoms with Crippen LogP contribution in [0, 0.1) is 0 Å². The molecule has 7 heavy (non-hydrogen) atoms. The van der Waals surface area contributed by atoms with Crippen LogP contribution in [-0.4, -0.2) is 36.1 Å². The molecule has 0 saturated heterocycles. The van der Waals surface area contributed by atoms with Crippen LogP contribution in [0.5, 0.6) is 0 Å². The molecule has 0 fully saturated rings. The Balaban J connectivity index is -0.00000000450. The normalized spacial score (nSPS) is 3.43. The molecular formula is H7AlNa2O3Si. The topological polar surface area (TPSA) is 57.5 Å². The van der Waals surface area contributed by atoms with E-state index >= 15 is 0 Å². The molecule has 0 aliphatic carbocycles. The maximum atomic E-state index is 8.74. The molecule has 2 N–H and O–H groups in total. The third-order valence-corrected chi connectivity index (χ3v) is 0. The van der Waals surface area contributed by atoms with Gasteiger partial charge in [0.1, 0.15) is 0 Å². The molecule has 34 valence electrons. The van der Waals surface area contributed by atoms with Crippen LogP contribution in [0.4, 0.5) is 0 Å². The van der Waals surface area contributed by atoms with Crippen molar-refractivity contribution in [1.82, 2.24) is 0 Å². The fourth-order valence-corrected chi connectivity index (χ4v) is 0. The molecular weight excluding hydrogens is 149 g/mol. The summed E-state index contributed by atoms with van der Waals surface area (Å²) in [5, 5.41) is 0. The number of hydrogen-bond acceptors (Lipinski definition) is 1. The van der Waals surface area contributed by atoms with Gasteiger partial charge >= 0.3 is 68.3 Å². The smallest absolute Gasteiger partial charge is 1.00 e. The van der Waals surface area contributed by atoms with Crippen LogP contribution in [0.15, 0.2) is 0 Å². The van der Waals surface area contributed by atoms with Crippen molar-refractivity contribution in [3.8, 4) is 0 Å². The van der Waals surface area contributed by atoms with E-state index in [1.807, 2.05) is 0 Å². The van der Waals surface area contributed by atoms with E-state index in [0.29, 0.717) is 0 Å². The minimum Gasteiger partial charge on any atom is -1.00 e. The van der Waals surface area contributed by atoms with E-state index in [9.17, 15) is 0 Å². The van der Waals surface area contributed by atoms with Gasteiger partial charge in [-0.25, -0.2) is 0 Å².